The molecule has 198 valence electrons. The Morgan fingerprint density at radius 1 is 1.00 bits per heavy atom. The maximum Gasteiger partial charge on any atom is 0.247 e. The fourth-order valence-corrected chi connectivity index (χ4v) is 5.17. The molecule has 0 aliphatic carbocycles. The van der Waals surface area contributed by atoms with Crippen molar-refractivity contribution in [1.29, 1.82) is 0 Å². The van der Waals surface area contributed by atoms with Crippen LogP contribution in [0.25, 0.3) is 0 Å². The summed E-state index contributed by atoms with van der Waals surface area (Å²) in [6.07, 6.45) is 5.34. The van der Waals surface area contributed by atoms with Crippen molar-refractivity contribution in [2.75, 3.05) is 57.3 Å². The SMILES string of the molecule is CC(C)(C)NC(=O)/C(=C/CN1CCS(=O)(=O)CC1)CC(C)(C)NC(=O)/C=C/CN1CCNC(=O)C1. The lowest BCUT2D eigenvalue weighted by Gasteiger charge is -2.30. The number of hydrogen-bond acceptors (Lipinski definition) is 7. The van der Waals surface area contributed by atoms with Crippen molar-refractivity contribution in [3.8, 4) is 0 Å². The van der Waals surface area contributed by atoms with Crippen molar-refractivity contribution < 1.29 is 22.8 Å². The lowest BCUT2D eigenvalue weighted by molar-refractivity contribution is -0.124. The van der Waals surface area contributed by atoms with Crippen LogP contribution < -0.4 is 16.0 Å². The quantitative estimate of drug-likeness (QED) is 0.367. The van der Waals surface area contributed by atoms with Gasteiger partial charge in [0, 0.05) is 68.4 Å². The van der Waals surface area contributed by atoms with Crippen LogP contribution in [0.15, 0.2) is 23.8 Å². The van der Waals surface area contributed by atoms with E-state index in [9.17, 15) is 22.8 Å². The molecule has 0 bridgehead atoms. The molecule has 0 aromatic rings. The molecule has 0 unspecified atom stereocenters. The average Bonchev–Trinajstić information content (AvgIpc) is 2.70. The lowest BCUT2D eigenvalue weighted by Crippen LogP contribution is -2.47. The van der Waals surface area contributed by atoms with Gasteiger partial charge in [-0.3, -0.25) is 24.2 Å². The third kappa shape index (κ3) is 11.4. The molecule has 2 aliphatic heterocycles. The molecule has 11 heteroatoms. The van der Waals surface area contributed by atoms with Gasteiger partial charge in [0.05, 0.1) is 18.1 Å². The van der Waals surface area contributed by atoms with Gasteiger partial charge in [-0.25, -0.2) is 8.42 Å². The van der Waals surface area contributed by atoms with Crippen molar-refractivity contribution in [2.24, 2.45) is 0 Å². The van der Waals surface area contributed by atoms with E-state index in [1.165, 1.54) is 6.08 Å². The second-order valence-electron chi connectivity index (χ2n) is 10.9. The summed E-state index contributed by atoms with van der Waals surface area (Å²) >= 11 is 0. The first-order valence-electron chi connectivity index (χ1n) is 12.1. The number of nitrogens with one attached hydrogen (secondary N) is 3. The molecule has 3 N–H and O–H groups in total. The van der Waals surface area contributed by atoms with Crippen molar-refractivity contribution in [1.82, 2.24) is 25.8 Å². The number of sulfone groups is 1. The number of amides is 3. The van der Waals surface area contributed by atoms with Crippen molar-refractivity contribution in [3.05, 3.63) is 23.8 Å². The molecular weight excluding hydrogens is 470 g/mol. The zero-order valence-corrected chi connectivity index (χ0v) is 22.5. The first-order valence-corrected chi connectivity index (χ1v) is 13.9. The summed E-state index contributed by atoms with van der Waals surface area (Å²) in [6, 6.07) is 0. The van der Waals surface area contributed by atoms with Gasteiger partial charge in [-0.2, -0.15) is 0 Å². The highest BCUT2D eigenvalue weighted by Gasteiger charge is 2.27. The van der Waals surface area contributed by atoms with E-state index in [1.807, 2.05) is 50.5 Å². The number of carbonyl (C=O) groups is 3. The monoisotopic (exact) mass is 511 g/mol. The largest absolute Gasteiger partial charge is 0.354 e. The topological polar surface area (TPSA) is 128 Å². The summed E-state index contributed by atoms with van der Waals surface area (Å²) in [4.78, 5) is 41.0. The number of rotatable bonds is 9. The average molecular weight is 512 g/mol. The molecule has 2 rings (SSSR count). The zero-order chi connectivity index (χ0) is 26.3. The van der Waals surface area contributed by atoms with E-state index in [4.69, 9.17) is 0 Å². The smallest absolute Gasteiger partial charge is 0.247 e. The van der Waals surface area contributed by atoms with Gasteiger partial charge < -0.3 is 16.0 Å². The van der Waals surface area contributed by atoms with Gasteiger partial charge in [-0.1, -0.05) is 12.2 Å². The van der Waals surface area contributed by atoms with Gasteiger partial charge in [-0.05, 0) is 34.6 Å². The highest BCUT2D eigenvalue weighted by Crippen LogP contribution is 2.18. The third-order valence-corrected chi connectivity index (χ3v) is 7.27. The second kappa shape index (κ2) is 12.1. The molecule has 0 aromatic carbocycles. The standard InChI is InChI=1S/C24H41N5O5S/c1-23(2,3)27-22(32)19(8-11-28-13-15-35(33,34)16-14-28)17-24(4,5)26-20(30)7-6-10-29-12-9-25-21(31)18-29/h6-8H,9-18H2,1-5H3,(H,25,31)(H,26,30)(H,27,32)/b7-6+,19-8+. The van der Waals surface area contributed by atoms with E-state index in [1.54, 1.807) is 6.08 Å². The molecule has 35 heavy (non-hydrogen) atoms. The van der Waals surface area contributed by atoms with Crippen LogP contribution >= 0.6 is 0 Å². The molecule has 2 aliphatic rings. The molecule has 2 saturated heterocycles. The van der Waals surface area contributed by atoms with E-state index < -0.39 is 20.9 Å². The predicted octanol–water partition coefficient (Wildman–Crippen LogP) is -0.169. The molecule has 0 radical (unpaired) electrons. The second-order valence-corrected chi connectivity index (χ2v) is 13.2. The Morgan fingerprint density at radius 3 is 2.26 bits per heavy atom. The number of piperazine rings is 1. The van der Waals surface area contributed by atoms with E-state index >= 15 is 0 Å². The van der Waals surface area contributed by atoms with Crippen LogP contribution in [0.5, 0.6) is 0 Å². The third-order valence-electron chi connectivity index (χ3n) is 5.66. The van der Waals surface area contributed by atoms with Crippen LogP contribution in [-0.4, -0.2) is 104 Å². The Kier molecular flexibility index (Phi) is 10.1. The van der Waals surface area contributed by atoms with Crippen LogP contribution in [0.2, 0.25) is 0 Å². The molecule has 2 fully saturated rings. The Labute approximate surface area is 209 Å². The summed E-state index contributed by atoms with van der Waals surface area (Å²) in [7, 11) is -2.97. The maximum absolute atomic E-state index is 13.0. The fraction of sp³-hybridized carbons (Fsp3) is 0.708. The zero-order valence-electron chi connectivity index (χ0n) is 21.6. The van der Waals surface area contributed by atoms with Crippen molar-refractivity contribution in [3.63, 3.8) is 0 Å². The summed E-state index contributed by atoms with van der Waals surface area (Å²) in [5.41, 5.74) is -0.572. The summed E-state index contributed by atoms with van der Waals surface area (Å²) in [5, 5.41) is 8.71. The van der Waals surface area contributed by atoms with Gasteiger partial charge in [-0.15, -0.1) is 0 Å². The molecular formula is C24H41N5O5S. The molecule has 2 heterocycles. The van der Waals surface area contributed by atoms with Crippen LogP contribution in [0.1, 0.15) is 41.0 Å². The van der Waals surface area contributed by atoms with E-state index in [-0.39, 0.29) is 29.2 Å². The van der Waals surface area contributed by atoms with Crippen LogP contribution in [-0.2, 0) is 24.2 Å². The molecule has 0 aromatic heterocycles. The first-order chi connectivity index (χ1) is 16.1. The van der Waals surface area contributed by atoms with Crippen LogP contribution in [0.4, 0.5) is 0 Å². The van der Waals surface area contributed by atoms with E-state index in [0.29, 0.717) is 51.3 Å². The Balaban J connectivity index is 1.99. The lowest BCUT2D eigenvalue weighted by atomic mass is 9.93. The highest BCUT2D eigenvalue weighted by atomic mass is 32.2. The normalized spacial score (nSPS) is 20.5. The summed E-state index contributed by atoms with van der Waals surface area (Å²) in [6.45, 7) is 12.9. The minimum Gasteiger partial charge on any atom is -0.354 e. The Bertz CT molecular complexity index is 936. The van der Waals surface area contributed by atoms with Gasteiger partial charge >= 0.3 is 0 Å². The van der Waals surface area contributed by atoms with Gasteiger partial charge in [0.15, 0.2) is 9.84 Å². The number of carbonyl (C=O) groups excluding carboxylic acids is 3. The predicted molar refractivity (Wildman–Crippen MR) is 137 cm³/mol. The highest BCUT2D eigenvalue weighted by molar-refractivity contribution is 7.91. The van der Waals surface area contributed by atoms with Crippen LogP contribution in [0, 0.1) is 0 Å². The summed E-state index contributed by atoms with van der Waals surface area (Å²) < 4.78 is 23.4. The number of nitrogens with zero attached hydrogens (tertiary/aromatic N) is 2. The molecule has 0 saturated carbocycles. The molecule has 10 nitrogen and oxygen atoms in total. The molecule has 0 atom stereocenters. The molecule has 3 amide bonds. The fourth-order valence-electron chi connectivity index (χ4n) is 3.89. The van der Waals surface area contributed by atoms with Crippen LogP contribution in [0.3, 0.4) is 0 Å². The van der Waals surface area contributed by atoms with E-state index in [0.717, 1.165) is 6.54 Å². The van der Waals surface area contributed by atoms with Gasteiger partial charge in [0.25, 0.3) is 0 Å². The number of hydrogen-bond donors (Lipinski definition) is 3. The first kappa shape index (κ1) is 29.0. The Morgan fingerprint density at radius 2 is 1.66 bits per heavy atom. The van der Waals surface area contributed by atoms with Gasteiger partial charge in [0.2, 0.25) is 17.7 Å². The molecule has 0 spiro atoms. The Hall–Kier alpha value is -2.24. The minimum absolute atomic E-state index is 0.0192. The van der Waals surface area contributed by atoms with Crippen molar-refractivity contribution in [2.45, 2.75) is 52.1 Å². The minimum atomic E-state index is -2.97. The van der Waals surface area contributed by atoms with Crippen molar-refractivity contribution >= 4 is 27.6 Å². The summed E-state index contributed by atoms with van der Waals surface area (Å²) in [5.74, 6) is -0.244. The van der Waals surface area contributed by atoms with Gasteiger partial charge in [0.1, 0.15) is 0 Å². The maximum atomic E-state index is 13.0. The van der Waals surface area contributed by atoms with E-state index in [2.05, 4.69) is 16.0 Å².